The average Bonchev–Trinajstić information content (AvgIpc) is 2.62. The van der Waals surface area contributed by atoms with Crippen LogP contribution in [0.15, 0.2) is 34.9 Å². The van der Waals surface area contributed by atoms with Crippen molar-refractivity contribution in [2.24, 2.45) is 7.05 Å². The van der Waals surface area contributed by atoms with Gasteiger partial charge in [0.15, 0.2) is 0 Å². The first-order valence-corrected chi connectivity index (χ1v) is 6.28. The van der Waals surface area contributed by atoms with E-state index < -0.39 is 6.10 Å². The van der Waals surface area contributed by atoms with E-state index in [1.54, 1.807) is 10.9 Å². The molecule has 2 rings (SSSR count). The lowest BCUT2D eigenvalue weighted by Crippen LogP contribution is -2.08. The number of aliphatic hydroxyl groups excluding tert-OH is 1. The standard InChI is InChI=1S/C13H15BrN2O/c1-9-3-5-10(6-4-9)7-12(17)13-11(14)8-15-16(13)2/h3-6,8,12,17H,7H2,1-2H3. The number of hydrogen-bond acceptors (Lipinski definition) is 2. The van der Waals surface area contributed by atoms with E-state index in [0.717, 1.165) is 15.7 Å². The first-order chi connectivity index (χ1) is 8.08. The Morgan fingerprint density at radius 3 is 2.53 bits per heavy atom. The highest BCUT2D eigenvalue weighted by atomic mass is 79.9. The molecule has 0 spiro atoms. The average molecular weight is 295 g/mol. The van der Waals surface area contributed by atoms with Crippen molar-refractivity contribution in [2.75, 3.05) is 0 Å². The normalized spacial score (nSPS) is 12.7. The number of aromatic nitrogens is 2. The van der Waals surface area contributed by atoms with Gasteiger partial charge in [-0.1, -0.05) is 29.8 Å². The number of nitrogens with zero attached hydrogens (tertiary/aromatic N) is 2. The summed E-state index contributed by atoms with van der Waals surface area (Å²) in [7, 11) is 1.83. The minimum atomic E-state index is -0.542. The Kier molecular flexibility index (Phi) is 3.64. The molecule has 0 radical (unpaired) electrons. The van der Waals surface area contributed by atoms with Crippen LogP contribution in [0.1, 0.15) is 22.9 Å². The third kappa shape index (κ3) is 2.76. The maximum atomic E-state index is 10.2. The van der Waals surface area contributed by atoms with Gasteiger partial charge in [0.05, 0.1) is 16.4 Å². The van der Waals surface area contributed by atoms with Crippen molar-refractivity contribution in [3.8, 4) is 0 Å². The van der Waals surface area contributed by atoms with E-state index >= 15 is 0 Å². The van der Waals surface area contributed by atoms with E-state index in [4.69, 9.17) is 0 Å². The monoisotopic (exact) mass is 294 g/mol. The molecule has 0 aliphatic carbocycles. The molecular formula is C13H15BrN2O. The van der Waals surface area contributed by atoms with Crippen molar-refractivity contribution < 1.29 is 5.11 Å². The summed E-state index contributed by atoms with van der Waals surface area (Å²) in [5.41, 5.74) is 3.16. The molecule has 4 heteroatoms. The highest BCUT2D eigenvalue weighted by Crippen LogP contribution is 2.25. The molecule has 1 heterocycles. The molecular weight excluding hydrogens is 280 g/mol. The van der Waals surface area contributed by atoms with Crippen LogP contribution < -0.4 is 0 Å². The molecule has 17 heavy (non-hydrogen) atoms. The van der Waals surface area contributed by atoms with Crippen molar-refractivity contribution in [2.45, 2.75) is 19.4 Å². The molecule has 3 nitrogen and oxygen atoms in total. The molecule has 0 aliphatic rings. The van der Waals surface area contributed by atoms with Crippen molar-refractivity contribution >= 4 is 15.9 Å². The Morgan fingerprint density at radius 1 is 1.35 bits per heavy atom. The molecule has 0 amide bonds. The summed E-state index contributed by atoms with van der Waals surface area (Å²) >= 11 is 3.40. The zero-order valence-electron chi connectivity index (χ0n) is 9.89. The number of benzene rings is 1. The second-order valence-corrected chi connectivity index (χ2v) is 5.06. The number of hydrogen-bond donors (Lipinski definition) is 1. The SMILES string of the molecule is Cc1ccc(CC(O)c2c(Br)cnn2C)cc1. The molecule has 2 aromatic rings. The maximum Gasteiger partial charge on any atom is 0.101 e. The molecule has 1 N–H and O–H groups in total. The summed E-state index contributed by atoms with van der Waals surface area (Å²) in [6.07, 6.45) is 1.76. The van der Waals surface area contributed by atoms with Crippen LogP contribution in [-0.4, -0.2) is 14.9 Å². The lowest BCUT2D eigenvalue weighted by atomic mass is 10.0. The predicted octanol–water partition coefficient (Wildman–Crippen LogP) is 2.77. The largest absolute Gasteiger partial charge is 0.386 e. The van der Waals surface area contributed by atoms with Crippen LogP contribution in [0.5, 0.6) is 0 Å². The van der Waals surface area contributed by atoms with Gasteiger partial charge in [-0.25, -0.2) is 0 Å². The fraction of sp³-hybridized carbons (Fsp3) is 0.308. The summed E-state index contributed by atoms with van der Waals surface area (Å²) in [5, 5.41) is 14.3. The minimum Gasteiger partial charge on any atom is -0.386 e. The van der Waals surface area contributed by atoms with Crippen LogP contribution in [0.25, 0.3) is 0 Å². The van der Waals surface area contributed by atoms with E-state index in [1.807, 2.05) is 19.2 Å². The Balaban J connectivity index is 2.17. The second-order valence-electron chi connectivity index (χ2n) is 4.21. The van der Waals surface area contributed by atoms with Crippen molar-refractivity contribution in [3.05, 3.63) is 51.8 Å². The molecule has 1 aromatic carbocycles. The topological polar surface area (TPSA) is 38.1 Å². The number of aryl methyl sites for hydroxylation is 2. The quantitative estimate of drug-likeness (QED) is 0.945. The Bertz CT molecular complexity index is 485. The molecule has 0 aliphatic heterocycles. The number of halogens is 1. The summed E-state index contributed by atoms with van der Waals surface area (Å²) < 4.78 is 2.54. The van der Waals surface area contributed by atoms with Gasteiger partial charge in [-0.2, -0.15) is 5.10 Å². The second kappa shape index (κ2) is 5.02. The predicted molar refractivity (Wildman–Crippen MR) is 70.8 cm³/mol. The molecule has 90 valence electrons. The molecule has 1 aromatic heterocycles. The van der Waals surface area contributed by atoms with Crippen LogP contribution >= 0.6 is 15.9 Å². The number of aliphatic hydroxyl groups is 1. The zero-order chi connectivity index (χ0) is 12.4. The van der Waals surface area contributed by atoms with Gasteiger partial charge in [0, 0.05) is 13.5 Å². The minimum absolute atomic E-state index is 0.542. The van der Waals surface area contributed by atoms with Gasteiger partial charge in [-0.3, -0.25) is 4.68 Å². The first-order valence-electron chi connectivity index (χ1n) is 5.49. The van der Waals surface area contributed by atoms with Gasteiger partial charge in [0.2, 0.25) is 0 Å². The van der Waals surface area contributed by atoms with Crippen LogP contribution in [-0.2, 0) is 13.5 Å². The third-order valence-corrected chi connectivity index (χ3v) is 3.41. The van der Waals surface area contributed by atoms with E-state index in [2.05, 4.69) is 40.1 Å². The fourth-order valence-corrected chi connectivity index (χ4v) is 2.45. The molecule has 0 fully saturated rings. The summed E-state index contributed by atoms with van der Waals surface area (Å²) in [4.78, 5) is 0. The molecule has 1 unspecified atom stereocenters. The van der Waals surface area contributed by atoms with Gasteiger partial charge in [-0.05, 0) is 28.4 Å². The molecule has 0 saturated heterocycles. The molecule has 1 atom stereocenters. The van der Waals surface area contributed by atoms with Gasteiger partial charge < -0.3 is 5.11 Å². The highest BCUT2D eigenvalue weighted by molar-refractivity contribution is 9.10. The summed E-state index contributed by atoms with van der Waals surface area (Å²) in [6, 6.07) is 8.20. The third-order valence-electron chi connectivity index (χ3n) is 2.80. The molecule has 0 bridgehead atoms. The van der Waals surface area contributed by atoms with E-state index in [-0.39, 0.29) is 0 Å². The van der Waals surface area contributed by atoms with E-state index in [0.29, 0.717) is 6.42 Å². The van der Waals surface area contributed by atoms with Gasteiger partial charge in [-0.15, -0.1) is 0 Å². The van der Waals surface area contributed by atoms with Crippen molar-refractivity contribution in [1.82, 2.24) is 9.78 Å². The van der Waals surface area contributed by atoms with Gasteiger partial charge in [0.1, 0.15) is 6.10 Å². The summed E-state index contributed by atoms with van der Waals surface area (Å²) in [6.45, 7) is 2.05. The zero-order valence-corrected chi connectivity index (χ0v) is 11.5. The lowest BCUT2D eigenvalue weighted by Gasteiger charge is -2.12. The smallest absolute Gasteiger partial charge is 0.101 e. The Labute approximate surface area is 109 Å². The van der Waals surface area contributed by atoms with Crippen molar-refractivity contribution in [3.63, 3.8) is 0 Å². The number of rotatable bonds is 3. The van der Waals surface area contributed by atoms with E-state index in [9.17, 15) is 5.11 Å². The van der Waals surface area contributed by atoms with Crippen molar-refractivity contribution in [1.29, 1.82) is 0 Å². The highest BCUT2D eigenvalue weighted by Gasteiger charge is 2.16. The van der Waals surface area contributed by atoms with Crippen LogP contribution in [0.3, 0.4) is 0 Å². The van der Waals surface area contributed by atoms with Crippen LogP contribution in [0.2, 0.25) is 0 Å². The lowest BCUT2D eigenvalue weighted by molar-refractivity contribution is 0.168. The fourth-order valence-electron chi connectivity index (χ4n) is 1.84. The first kappa shape index (κ1) is 12.3. The van der Waals surface area contributed by atoms with Gasteiger partial charge in [0.25, 0.3) is 0 Å². The maximum absolute atomic E-state index is 10.2. The summed E-state index contributed by atoms with van der Waals surface area (Å²) in [5.74, 6) is 0. The molecule has 0 saturated carbocycles. The van der Waals surface area contributed by atoms with Crippen LogP contribution in [0.4, 0.5) is 0 Å². The Hall–Kier alpha value is -1.13. The Morgan fingerprint density at radius 2 is 2.00 bits per heavy atom. The van der Waals surface area contributed by atoms with Gasteiger partial charge >= 0.3 is 0 Å². The van der Waals surface area contributed by atoms with Crippen LogP contribution in [0, 0.1) is 6.92 Å². The van der Waals surface area contributed by atoms with E-state index in [1.165, 1.54) is 5.56 Å².